The van der Waals surface area contributed by atoms with Crippen molar-refractivity contribution in [3.8, 4) is 6.07 Å². The van der Waals surface area contributed by atoms with Crippen molar-refractivity contribution in [1.82, 2.24) is 4.98 Å². The Morgan fingerprint density at radius 2 is 1.69 bits per heavy atom. The number of carbonyl (C=O) groups excluding carboxylic acids is 2. The third kappa shape index (κ3) is 4.93. The molecule has 7 heteroatoms. The van der Waals surface area contributed by atoms with Crippen molar-refractivity contribution in [2.24, 2.45) is 0 Å². The smallest absolute Gasteiger partial charge is 0.266 e. The number of aryl methyl sites for hydroxylation is 1. The van der Waals surface area contributed by atoms with Gasteiger partial charge in [0, 0.05) is 29.1 Å². The largest absolute Gasteiger partial charge is 0.326 e. The second kappa shape index (κ2) is 9.75. The summed E-state index contributed by atoms with van der Waals surface area (Å²) in [6.07, 6.45) is 0.542. The van der Waals surface area contributed by atoms with E-state index in [9.17, 15) is 19.6 Å². The molecule has 3 N–H and O–H groups in total. The van der Waals surface area contributed by atoms with Crippen molar-refractivity contribution in [2.75, 3.05) is 10.6 Å². The number of rotatable bonds is 6. The van der Waals surface area contributed by atoms with Crippen LogP contribution in [-0.2, 0) is 11.2 Å². The van der Waals surface area contributed by atoms with E-state index in [-0.39, 0.29) is 23.8 Å². The van der Waals surface area contributed by atoms with Gasteiger partial charge < -0.3 is 15.6 Å². The van der Waals surface area contributed by atoms with Gasteiger partial charge in [-0.1, -0.05) is 24.3 Å². The lowest BCUT2D eigenvalue weighted by atomic mass is 9.99. The van der Waals surface area contributed by atoms with Crippen LogP contribution in [0.25, 0.3) is 0 Å². The molecule has 0 aliphatic heterocycles. The molecule has 0 atom stereocenters. The highest BCUT2D eigenvalue weighted by Crippen LogP contribution is 2.21. The summed E-state index contributed by atoms with van der Waals surface area (Å²) < 4.78 is 0. The molecule has 2 amide bonds. The lowest BCUT2D eigenvalue weighted by Gasteiger charge is -2.14. The first-order valence-electron chi connectivity index (χ1n) is 10.2. The minimum Gasteiger partial charge on any atom is -0.326 e. The summed E-state index contributed by atoms with van der Waals surface area (Å²) in [5, 5.41) is 14.9. The average molecular weight is 428 g/mol. The lowest BCUT2D eigenvalue weighted by molar-refractivity contribution is -0.116. The number of hydrogen-bond acceptors (Lipinski definition) is 4. The molecular formula is C25H24N4O3. The zero-order valence-corrected chi connectivity index (χ0v) is 18.2. The first-order chi connectivity index (χ1) is 15.3. The number of nitriles is 1. The summed E-state index contributed by atoms with van der Waals surface area (Å²) in [6.45, 7) is 5.25. The molecule has 0 bridgehead atoms. The summed E-state index contributed by atoms with van der Waals surface area (Å²) >= 11 is 0. The van der Waals surface area contributed by atoms with Crippen LogP contribution in [0, 0.1) is 32.1 Å². The number of hydrogen-bond donors (Lipinski definition) is 3. The molecule has 0 saturated heterocycles. The highest BCUT2D eigenvalue weighted by atomic mass is 16.2. The molecule has 7 nitrogen and oxygen atoms in total. The summed E-state index contributed by atoms with van der Waals surface area (Å²) in [5.41, 5.74) is 4.06. The molecule has 0 aliphatic carbocycles. The number of pyridine rings is 1. The summed E-state index contributed by atoms with van der Waals surface area (Å²) in [5.74, 6) is -0.481. The van der Waals surface area contributed by atoms with Gasteiger partial charge in [-0.2, -0.15) is 5.26 Å². The second-order valence-electron chi connectivity index (χ2n) is 7.52. The number of benzene rings is 2. The van der Waals surface area contributed by atoms with Crippen molar-refractivity contribution in [3.63, 3.8) is 0 Å². The maximum Gasteiger partial charge on any atom is 0.266 e. The highest BCUT2D eigenvalue weighted by Gasteiger charge is 2.16. The van der Waals surface area contributed by atoms with Crippen LogP contribution in [0.3, 0.4) is 0 Å². The number of aromatic amines is 1. The maximum atomic E-state index is 12.7. The van der Waals surface area contributed by atoms with Crippen LogP contribution in [-0.4, -0.2) is 16.8 Å². The van der Waals surface area contributed by atoms with Crippen LogP contribution < -0.4 is 16.2 Å². The van der Waals surface area contributed by atoms with E-state index in [1.165, 1.54) is 0 Å². The molecule has 1 aromatic heterocycles. The normalized spacial score (nSPS) is 10.3. The van der Waals surface area contributed by atoms with E-state index in [0.717, 1.165) is 5.56 Å². The van der Waals surface area contributed by atoms with Crippen molar-refractivity contribution in [1.29, 1.82) is 5.26 Å². The number of aromatic nitrogens is 1. The van der Waals surface area contributed by atoms with Crippen LogP contribution in [0.2, 0.25) is 0 Å². The SMILES string of the molecule is Cc1[nH]c(=O)c(C#N)c(C)c1CCC(=O)Nc1cccc(C(=O)Nc2ccccc2)c1C. The van der Waals surface area contributed by atoms with Gasteiger partial charge in [0.2, 0.25) is 5.91 Å². The molecule has 32 heavy (non-hydrogen) atoms. The molecule has 2 aromatic carbocycles. The molecular weight excluding hydrogens is 404 g/mol. The van der Waals surface area contributed by atoms with Gasteiger partial charge in [-0.05, 0) is 68.1 Å². The zero-order chi connectivity index (χ0) is 23.3. The fourth-order valence-electron chi connectivity index (χ4n) is 3.61. The highest BCUT2D eigenvalue weighted by molar-refractivity contribution is 6.06. The summed E-state index contributed by atoms with van der Waals surface area (Å²) in [6, 6.07) is 16.2. The maximum absolute atomic E-state index is 12.7. The zero-order valence-electron chi connectivity index (χ0n) is 18.2. The van der Waals surface area contributed by atoms with E-state index < -0.39 is 5.56 Å². The van der Waals surface area contributed by atoms with Gasteiger partial charge in [-0.25, -0.2) is 0 Å². The van der Waals surface area contributed by atoms with Crippen molar-refractivity contribution in [2.45, 2.75) is 33.6 Å². The summed E-state index contributed by atoms with van der Waals surface area (Å²) in [4.78, 5) is 39.8. The van der Waals surface area contributed by atoms with E-state index in [4.69, 9.17) is 0 Å². The van der Waals surface area contributed by atoms with E-state index >= 15 is 0 Å². The minimum atomic E-state index is -0.420. The number of para-hydroxylation sites is 1. The molecule has 3 aromatic rings. The number of nitrogens with zero attached hydrogens (tertiary/aromatic N) is 1. The van der Waals surface area contributed by atoms with Crippen molar-refractivity contribution < 1.29 is 9.59 Å². The van der Waals surface area contributed by atoms with Gasteiger partial charge in [0.05, 0.1) is 0 Å². The number of nitrogens with one attached hydrogen (secondary N) is 3. The molecule has 0 aliphatic rings. The quantitative estimate of drug-likeness (QED) is 0.550. The fourth-order valence-corrected chi connectivity index (χ4v) is 3.61. The Kier molecular flexibility index (Phi) is 6.86. The Labute approximate surface area is 186 Å². The molecule has 0 spiro atoms. The summed E-state index contributed by atoms with van der Waals surface area (Å²) in [7, 11) is 0. The predicted octanol–water partition coefficient (Wildman–Crippen LogP) is 4.00. The number of anilines is 2. The number of H-pyrrole nitrogens is 1. The van der Waals surface area contributed by atoms with E-state index in [0.29, 0.717) is 40.2 Å². The Balaban J connectivity index is 1.71. The Hall–Kier alpha value is -4.18. The molecule has 1 heterocycles. The lowest BCUT2D eigenvalue weighted by Crippen LogP contribution is -2.19. The Morgan fingerprint density at radius 1 is 0.969 bits per heavy atom. The topological polar surface area (TPSA) is 115 Å². The fraction of sp³-hybridized carbons (Fsp3) is 0.200. The van der Waals surface area contributed by atoms with Crippen LogP contribution in [0.5, 0.6) is 0 Å². The number of carbonyl (C=O) groups is 2. The van der Waals surface area contributed by atoms with Gasteiger partial charge in [0.1, 0.15) is 11.6 Å². The van der Waals surface area contributed by atoms with Crippen LogP contribution in [0.4, 0.5) is 11.4 Å². The van der Waals surface area contributed by atoms with Crippen molar-refractivity contribution >= 4 is 23.2 Å². The van der Waals surface area contributed by atoms with Crippen molar-refractivity contribution in [3.05, 3.63) is 92.4 Å². The molecule has 3 rings (SSSR count). The third-order valence-corrected chi connectivity index (χ3v) is 5.41. The molecule has 0 saturated carbocycles. The van der Waals surface area contributed by atoms with E-state index in [1.54, 1.807) is 51.1 Å². The standard InChI is InChI=1S/C25H24N4O3/c1-15-19(17(3)27-25(32)21(15)14-26)12-13-23(30)29-22-11-7-10-20(16(22)2)24(31)28-18-8-5-4-6-9-18/h4-11H,12-13H2,1-3H3,(H,27,32)(H,28,31)(H,29,30). The van der Waals surface area contributed by atoms with Gasteiger partial charge >= 0.3 is 0 Å². The molecule has 0 radical (unpaired) electrons. The third-order valence-electron chi connectivity index (χ3n) is 5.41. The van der Waals surface area contributed by atoms with Crippen LogP contribution >= 0.6 is 0 Å². The van der Waals surface area contributed by atoms with Gasteiger partial charge in [-0.3, -0.25) is 14.4 Å². The minimum absolute atomic E-state index is 0.0685. The van der Waals surface area contributed by atoms with Gasteiger partial charge in [0.25, 0.3) is 11.5 Å². The Morgan fingerprint density at radius 3 is 2.38 bits per heavy atom. The number of amides is 2. The van der Waals surface area contributed by atoms with Crippen LogP contribution in [0.1, 0.15) is 44.7 Å². The first-order valence-corrected chi connectivity index (χ1v) is 10.2. The van der Waals surface area contributed by atoms with Gasteiger partial charge in [-0.15, -0.1) is 0 Å². The van der Waals surface area contributed by atoms with E-state index in [1.807, 2.05) is 24.3 Å². The predicted molar refractivity (Wildman–Crippen MR) is 124 cm³/mol. The molecule has 0 fully saturated rings. The Bertz CT molecular complexity index is 1270. The van der Waals surface area contributed by atoms with Crippen LogP contribution in [0.15, 0.2) is 53.3 Å². The van der Waals surface area contributed by atoms with Gasteiger partial charge in [0.15, 0.2) is 0 Å². The molecule has 0 unspecified atom stereocenters. The molecule has 162 valence electrons. The first kappa shape index (κ1) is 22.5. The monoisotopic (exact) mass is 428 g/mol. The second-order valence-corrected chi connectivity index (χ2v) is 7.52. The average Bonchev–Trinajstić information content (AvgIpc) is 2.75. The van der Waals surface area contributed by atoms with E-state index in [2.05, 4.69) is 15.6 Å².